The number of carboxylic acids is 1. The van der Waals surface area contributed by atoms with Crippen LogP contribution in [-0.2, 0) is 17.8 Å². The molecule has 8 heteroatoms. The maximum absolute atomic E-state index is 12.1. The van der Waals surface area contributed by atoms with Gasteiger partial charge in [-0.15, -0.1) is 0 Å². The minimum atomic E-state index is -1.03. The van der Waals surface area contributed by atoms with Crippen molar-refractivity contribution in [3.05, 3.63) is 26.7 Å². The van der Waals surface area contributed by atoms with Crippen molar-refractivity contribution in [1.82, 2.24) is 19.1 Å². The molecule has 0 bridgehead atoms. The third-order valence-corrected chi connectivity index (χ3v) is 3.57. The molecule has 0 aliphatic carbocycles. The number of nitrogens with one attached hydrogen (secondary N) is 1. The number of aliphatic carboxylic acids is 1. The van der Waals surface area contributed by atoms with E-state index in [-0.39, 0.29) is 29.5 Å². The predicted octanol–water partition coefficient (Wildman–Crippen LogP) is 0.504. The zero-order valence-electron chi connectivity index (χ0n) is 12.2. The number of rotatable bonds is 5. The standard InChI is InChI=1S/C13H18N4O4/c1-4-7(3)17-11-10(12(20)15-13(17)21)16(5-2)8(14-11)6-9(18)19/h7H,4-6H2,1-3H3,(H,18,19)(H,15,20,21). The molecule has 0 spiro atoms. The lowest BCUT2D eigenvalue weighted by atomic mass is 10.2. The highest BCUT2D eigenvalue weighted by Gasteiger charge is 2.20. The summed E-state index contributed by atoms with van der Waals surface area (Å²) < 4.78 is 2.95. The molecule has 2 N–H and O–H groups in total. The second-order valence-corrected chi connectivity index (χ2v) is 4.90. The van der Waals surface area contributed by atoms with E-state index in [1.807, 2.05) is 13.8 Å². The Morgan fingerprint density at radius 3 is 2.57 bits per heavy atom. The molecule has 2 heterocycles. The van der Waals surface area contributed by atoms with Gasteiger partial charge >= 0.3 is 11.7 Å². The Labute approximate surface area is 120 Å². The van der Waals surface area contributed by atoms with Gasteiger partial charge in [0.15, 0.2) is 11.2 Å². The second-order valence-electron chi connectivity index (χ2n) is 4.90. The lowest BCUT2D eigenvalue weighted by Crippen LogP contribution is -2.32. The molecule has 114 valence electrons. The molecule has 2 aromatic heterocycles. The van der Waals surface area contributed by atoms with Crippen molar-refractivity contribution in [1.29, 1.82) is 0 Å². The van der Waals surface area contributed by atoms with E-state index in [4.69, 9.17) is 5.11 Å². The Balaban J connectivity index is 2.89. The first kappa shape index (κ1) is 15.0. The lowest BCUT2D eigenvalue weighted by Gasteiger charge is -2.12. The van der Waals surface area contributed by atoms with Gasteiger partial charge in [0, 0.05) is 12.6 Å². The fourth-order valence-corrected chi connectivity index (χ4v) is 2.39. The first-order valence-corrected chi connectivity index (χ1v) is 6.86. The van der Waals surface area contributed by atoms with Crippen molar-refractivity contribution in [2.75, 3.05) is 0 Å². The summed E-state index contributed by atoms with van der Waals surface area (Å²) in [6, 6.07) is -0.144. The van der Waals surface area contributed by atoms with E-state index in [0.717, 1.165) is 0 Å². The molecule has 0 fully saturated rings. The molecule has 1 unspecified atom stereocenters. The summed E-state index contributed by atoms with van der Waals surface area (Å²) in [5, 5.41) is 8.95. The third kappa shape index (κ3) is 2.48. The summed E-state index contributed by atoms with van der Waals surface area (Å²) >= 11 is 0. The number of aromatic nitrogens is 4. The molecule has 0 saturated carbocycles. The van der Waals surface area contributed by atoms with Gasteiger partial charge in [0.05, 0.1) is 0 Å². The van der Waals surface area contributed by atoms with E-state index in [1.54, 1.807) is 11.5 Å². The van der Waals surface area contributed by atoms with Crippen molar-refractivity contribution >= 4 is 17.1 Å². The largest absolute Gasteiger partial charge is 0.481 e. The number of aromatic amines is 1. The highest BCUT2D eigenvalue weighted by molar-refractivity contribution is 5.74. The van der Waals surface area contributed by atoms with Crippen LogP contribution in [0.1, 0.15) is 39.1 Å². The molecule has 0 radical (unpaired) electrons. The monoisotopic (exact) mass is 294 g/mol. The van der Waals surface area contributed by atoms with Crippen LogP contribution in [-0.4, -0.2) is 30.2 Å². The van der Waals surface area contributed by atoms with E-state index in [9.17, 15) is 14.4 Å². The summed E-state index contributed by atoms with van der Waals surface area (Å²) in [6.07, 6.45) is 0.394. The van der Waals surface area contributed by atoms with Gasteiger partial charge in [-0.2, -0.15) is 0 Å². The summed E-state index contributed by atoms with van der Waals surface area (Å²) in [5.74, 6) is -0.762. The Kier molecular flexibility index (Phi) is 3.97. The lowest BCUT2D eigenvalue weighted by molar-refractivity contribution is -0.136. The SMILES string of the molecule is CCC(C)n1c(=O)[nH]c(=O)c2c1nc(CC(=O)O)n2CC. The minimum Gasteiger partial charge on any atom is -0.481 e. The van der Waals surface area contributed by atoms with Gasteiger partial charge in [0.1, 0.15) is 12.2 Å². The van der Waals surface area contributed by atoms with Gasteiger partial charge in [-0.1, -0.05) is 6.92 Å². The molecule has 1 atom stereocenters. The molecule has 0 amide bonds. The zero-order valence-corrected chi connectivity index (χ0v) is 12.2. The first-order chi connectivity index (χ1) is 9.90. The molecule has 0 aromatic carbocycles. The highest BCUT2D eigenvalue weighted by atomic mass is 16.4. The van der Waals surface area contributed by atoms with E-state index in [2.05, 4.69) is 9.97 Å². The number of fused-ring (bicyclic) bond motifs is 1. The smallest absolute Gasteiger partial charge is 0.330 e. The van der Waals surface area contributed by atoms with Crippen LogP contribution in [0.4, 0.5) is 0 Å². The van der Waals surface area contributed by atoms with Crippen LogP contribution in [0.25, 0.3) is 11.2 Å². The van der Waals surface area contributed by atoms with Gasteiger partial charge in [0.25, 0.3) is 5.56 Å². The van der Waals surface area contributed by atoms with Crippen molar-refractivity contribution < 1.29 is 9.90 Å². The minimum absolute atomic E-state index is 0.144. The van der Waals surface area contributed by atoms with Gasteiger partial charge in [-0.05, 0) is 20.3 Å². The average Bonchev–Trinajstić information content (AvgIpc) is 2.75. The number of aryl methyl sites for hydroxylation is 1. The number of imidazole rings is 1. The molecule has 0 aliphatic heterocycles. The number of H-pyrrole nitrogens is 1. The van der Waals surface area contributed by atoms with Gasteiger partial charge < -0.3 is 9.67 Å². The number of nitrogens with zero attached hydrogens (tertiary/aromatic N) is 3. The fraction of sp³-hybridized carbons (Fsp3) is 0.538. The Morgan fingerprint density at radius 1 is 1.38 bits per heavy atom. The first-order valence-electron chi connectivity index (χ1n) is 6.86. The maximum atomic E-state index is 12.1. The second kappa shape index (κ2) is 5.55. The van der Waals surface area contributed by atoms with Crippen LogP contribution in [0.3, 0.4) is 0 Å². The molecule has 2 rings (SSSR count). The highest BCUT2D eigenvalue weighted by Crippen LogP contribution is 2.16. The summed E-state index contributed by atoms with van der Waals surface area (Å²) in [4.78, 5) is 41.5. The summed E-state index contributed by atoms with van der Waals surface area (Å²) in [6.45, 7) is 5.97. The molecule has 21 heavy (non-hydrogen) atoms. The zero-order chi connectivity index (χ0) is 15.7. The number of hydrogen-bond donors (Lipinski definition) is 2. The maximum Gasteiger partial charge on any atom is 0.330 e. The van der Waals surface area contributed by atoms with Crippen molar-refractivity contribution in [3.63, 3.8) is 0 Å². The predicted molar refractivity (Wildman–Crippen MR) is 76.6 cm³/mol. The van der Waals surface area contributed by atoms with E-state index >= 15 is 0 Å². The molecule has 2 aromatic rings. The quantitative estimate of drug-likeness (QED) is 0.834. The van der Waals surface area contributed by atoms with E-state index in [1.165, 1.54) is 4.57 Å². The van der Waals surface area contributed by atoms with Crippen LogP contribution in [0, 0.1) is 0 Å². The van der Waals surface area contributed by atoms with Crippen molar-refractivity contribution in [2.45, 2.75) is 46.2 Å². The van der Waals surface area contributed by atoms with E-state index in [0.29, 0.717) is 13.0 Å². The van der Waals surface area contributed by atoms with Crippen LogP contribution in [0.5, 0.6) is 0 Å². The Morgan fingerprint density at radius 2 is 2.05 bits per heavy atom. The molecule has 0 aliphatic rings. The Hall–Kier alpha value is -2.38. The van der Waals surface area contributed by atoms with Crippen LogP contribution < -0.4 is 11.2 Å². The fourth-order valence-electron chi connectivity index (χ4n) is 2.39. The molecular weight excluding hydrogens is 276 g/mol. The summed E-state index contributed by atoms with van der Waals surface area (Å²) in [5.41, 5.74) is -0.574. The number of carboxylic acid groups (broad SMARTS) is 1. The van der Waals surface area contributed by atoms with Crippen LogP contribution in [0.15, 0.2) is 9.59 Å². The number of carbonyl (C=O) groups is 1. The van der Waals surface area contributed by atoms with Gasteiger partial charge in [-0.25, -0.2) is 9.78 Å². The molecule has 0 saturated heterocycles. The Bertz CT molecular complexity index is 799. The third-order valence-electron chi connectivity index (χ3n) is 3.57. The normalized spacial score (nSPS) is 12.7. The topological polar surface area (TPSA) is 110 Å². The molecular formula is C13H18N4O4. The van der Waals surface area contributed by atoms with Crippen molar-refractivity contribution in [2.24, 2.45) is 0 Å². The van der Waals surface area contributed by atoms with Gasteiger partial charge in [0.2, 0.25) is 0 Å². The van der Waals surface area contributed by atoms with Crippen LogP contribution >= 0.6 is 0 Å². The average molecular weight is 294 g/mol. The van der Waals surface area contributed by atoms with Crippen molar-refractivity contribution in [3.8, 4) is 0 Å². The summed E-state index contributed by atoms with van der Waals surface area (Å²) in [7, 11) is 0. The molecule has 8 nitrogen and oxygen atoms in total. The van der Waals surface area contributed by atoms with E-state index < -0.39 is 17.2 Å². The van der Waals surface area contributed by atoms with Crippen LogP contribution in [0.2, 0.25) is 0 Å². The number of hydrogen-bond acceptors (Lipinski definition) is 4. The van der Waals surface area contributed by atoms with Gasteiger partial charge in [-0.3, -0.25) is 19.1 Å².